The van der Waals surface area contributed by atoms with Crippen LogP contribution in [0.4, 0.5) is 0 Å². The molecule has 2 aliphatic rings. The minimum atomic E-state index is 0.302. The molecule has 2 rings (SSSR count). The molecule has 1 amide bonds. The highest BCUT2D eigenvalue weighted by molar-refractivity contribution is 5.82. The zero-order valence-electron chi connectivity index (χ0n) is 5.79. The normalized spacial score (nSPS) is 31.0. The molecule has 0 aromatic rings. The molecule has 0 saturated carbocycles. The summed E-state index contributed by atoms with van der Waals surface area (Å²) in [6.45, 7) is 1.56. The van der Waals surface area contributed by atoms with Crippen LogP contribution in [0.1, 0.15) is 12.8 Å². The number of nitrogens with zero attached hydrogens (tertiary/aromatic N) is 2. The molecule has 0 aromatic carbocycles. The van der Waals surface area contributed by atoms with Gasteiger partial charge in [-0.1, -0.05) is 0 Å². The summed E-state index contributed by atoms with van der Waals surface area (Å²) < 4.78 is 0. The van der Waals surface area contributed by atoms with Gasteiger partial charge < -0.3 is 4.90 Å². The van der Waals surface area contributed by atoms with Gasteiger partial charge in [0.1, 0.15) is 0 Å². The monoisotopic (exact) mass is 138 g/mol. The van der Waals surface area contributed by atoms with Crippen LogP contribution in [0.25, 0.3) is 0 Å². The van der Waals surface area contributed by atoms with E-state index in [4.69, 9.17) is 0 Å². The second-order valence-corrected chi connectivity index (χ2v) is 2.79. The fourth-order valence-corrected chi connectivity index (χ4v) is 1.58. The van der Waals surface area contributed by atoms with Crippen molar-refractivity contribution < 1.29 is 4.79 Å². The molecule has 2 aliphatic heterocycles. The third kappa shape index (κ3) is 0.735. The van der Waals surface area contributed by atoms with Gasteiger partial charge in [-0.2, -0.15) is 0 Å². The lowest BCUT2D eigenvalue weighted by atomic mass is 10.2. The second-order valence-electron chi connectivity index (χ2n) is 2.79. The first-order valence-corrected chi connectivity index (χ1v) is 3.65. The lowest BCUT2D eigenvalue weighted by molar-refractivity contribution is -0.128. The summed E-state index contributed by atoms with van der Waals surface area (Å²) in [6, 6.07) is 0.428. The van der Waals surface area contributed by atoms with E-state index >= 15 is 0 Å². The van der Waals surface area contributed by atoms with Crippen LogP contribution in [0.5, 0.6) is 0 Å². The summed E-state index contributed by atoms with van der Waals surface area (Å²) in [5.74, 6) is 0.302. The topological polar surface area (TPSA) is 32.7 Å². The predicted molar refractivity (Wildman–Crippen MR) is 38.1 cm³/mol. The van der Waals surface area contributed by atoms with E-state index in [0.717, 1.165) is 25.9 Å². The van der Waals surface area contributed by atoms with Crippen LogP contribution in [0.3, 0.4) is 0 Å². The quantitative estimate of drug-likeness (QED) is 0.466. The second kappa shape index (κ2) is 2.08. The molecular weight excluding hydrogens is 128 g/mol. The fraction of sp³-hybridized carbons (Fsp3) is 0.714. The van der Waals surface area contributed by atoms with E-state index < -0.39 is 0 Å². The van der Waals surface area contributed by atoms with Crippen molar-refractivity contribution in [2.45, 2.75) is 18.9 Å². The molecule has 1 atom stereocenters. The minimum absolute atomic E-state index is 0.302. The maximum absolute atomic E-state index is 11.1. The maximum Gasteiger partial charge on any atom is 0.223 e. The number of carbonyl (C=O) groups excluding carboxylic acids is 1. The van der Waals surface area contributed by atoms with Crippen LogP contribution in [0, 0.1) is 0 Å². The number of amides is 1. The molecule has 1 unspecified atom stereocenters. The molecule has 0 aromatic heterocycles. The van der Waals surface area contributed by atoms with Crippen molar-refractivity contribution >= 4 is 12.1 Å². The van der Waals surface area contributed by atoms with Gasteiger partial charge in [-0.3, -0.25) is 9.79 Å². The van der Waals surface area contributed by atoms with E-state index in [1.807, 2.05) is 11.1 Å². The summed E-state index contributed by atoms with van der Waals surface area (Å²) in [4.78, 5) is 17.1. The lowest BCUT2D eigenvalue weighted by Gasteiger charge is -2.24. The molecule has 3 heteroatoms. The number of carbonyl (C=O) groups is 1. The van der Waals surface area contributed by atoms with Gasteiger partial charge in [0, 0.05) is 12.6 Å². The Morgan fingerprint density at radius 2 is 2.60 bits per heavy atom. The van der Waals surface area contributed by atoms with Crippen LogP contribution < -0.4 is 0 Å². The zero-order valence-corrected chi connectivity index (χ0v) is 5.79. The molecule has 0 aliphatic carbocycles. The Morgan fingerprint density at radius 1 is 1.70 bits per heavy atom. The van der Waals surface area contributed by atoms with Crippen LogP contribution in [-0.4, -0.2) is 36.2 Å². The molecule has 3 nitrogen and oxygen atoms in total. The summed E-state index contributed by atoms with van der Waals surface area (Å²) in [5.41, 5.74) is 0. The third-order valence-corrected chi connectivity index (χ3v) is 2.18. The average Bonchev–Trinajstić information content (AvgIpc) is 2.34. The highest BCUT2D eigenvalue weighted by Gasteiger charge is 2.31. The fourth-order valence-electron chi connectivity index (χ4n) is 1.58. The van der Waals surface area contributed by atoms with E-state index in [1.165, 1.54) is 0 Å². The van der Waals surface area contributed by atoms with Crippen LogP contribution >= 0.6 is 0 Å². The van der Waals surface area contributed by atoms with Crippen molar-refractivity contribution in [2.75, 3.05) is 13.1 Å². The zero-order chi connectivity index (χ0) is 6.97. The molecule has 0 bridgehead atoms. The van der Waals surface area contributed by atoms with Crippen molar-refractivity contribution in [1.82, 2.24) is 4.90 Å². The Bertz CT molecular complexity index is 188. The van der Waals surface area contributed by atoms with Crippen LogP contribution in [0.15, 0.2) is 4.99 Å². The van der Waals surface area contributed by atoms with Gasteiger partial charge >= 0.3 is 0 Å². The summed E-state index contributed by atoms with van der Waals surface area (Å²) in [7, 11) is 0. The Hall–Kier alpha value is -0.860. The van der Waals surface area contributed by atoms with E-state index in [1.54, 1.807) is 0 Å². The average molecular weight is 138 g/mol. The molecule has 1 saturated heterocycles. The maximum atomic E-state index is 11.1. The number of hydrogen-bond donors (Lipinski definition) is 0. The molecule has 0 N–H and O–H groups in total. The van der Waals surface area contributed by atoms with E-state index in [0.29, 0.717) is 11.9 Å². The highest BCUT2D eigenvalue weighted by Crippen LogP contribution is 2.19. The minimum Gasteiger partial charge on any atom is -0.333 e. The van der Waals surface area contributed by atoms with Crippen molar-refractivity contribution in [3.8, 4) is 0 Å². The number of hydrogen-bond acceptors (Lipinski definition) is 2. The molecule has 1 fully saturated rings. The molecule has 0 radical (unpaired) electrons. The van der Waals surface area contributed by atoms with Gasteiger partial charge in [-0.25, -0.2) is 0 Å². The first-order chi connectivity index (χ1) is 4.88. The lowest BCUT2D eigenvalue weighted by Crippen LogP contribution is -2.39. The van der Waals surface area contributed by atoms with Crippen molar-refractivity contribution in [2.24, 2.45) is 4.99 Å². The van der Waals surface area contributed by atoms with Gasteiger partial charge in [0.05, 0.1) is 19.1 Å². The largest absolute Gasteiger partial charge is 0.333 e. The van der Waals surface area contributed by atoms with Crippen LogP contribution in [-0.2, 0) is 4.79 Å². The van der Waals surface area contributed by atoms with Gasteiger partial charge in [0.2, 0.25) is 5.91 Å². The smallest absolute Gasteiger partial charge is 0.223 e. The van der Waals surface area contributed by atoms with Gasteiger partial charge in [0.25, 0.3) is 0 Å². The van der Waals surface area contributed by atoms with Crippen molar-refractivity contribution in [1.29, 1.82) is 0 Å². The standard InChI is InChI=1S/C7H10N2O/c10-7-2-1-6-5-8-3-4-9(6)7/h3,6H,1-2,4-5H2. The Kier molecular flexibility index (Phi) is 1.22. The Labute approximate surface area is 59.7 Å². The van der Waals surface area contributed by atoms with Crippen molar-refractivity contribution in [3.63, 3.8) is 0 Å². The van der Waals surface area contributed by atoms with Gasteiger partial charge in [-0.15, -0.1) is 0 Å². The number of rotatable bonds is 0. The van der Waals surface area contributed by atoms with E-state index in [9.17, 15) is 4.79 Å². The van der Waals surface area contributed by atoms with E-state index in [2.05, 4.69) is 4.99 Å². The molecular formula is C7H10N2O. The number of aliphatic imine (C=N–C) groups is 1. The summed E-state index contributed by atoms with van der Waals surface area (Å²) in [5, 5.41) is 0. The molecule has 54 valence electrons. The molecule has 2 heterocycles. The first kappa shape index (κ1) is 5.89. The van der Waals surface area contributed by atoms with Crippen LogP contribution in [0.2, 0.25) is 0 Å². The number of fused-ring (bicyclic) bond motifs is 1. The van der Waals surface area contributed by atoms with Gasteiger partial charge in [-0.05, 0) is 6.42 Å². The van der Waals surface area contributed by atoms with Gasteiger partial charge in [0.15, 0.2) is 0 Å². The Morgan fingerprint density at radius 3 is 3.40 bits per heavy atom. The Balaban J connectivity index is 2.17. The first-order valence-electron chi connectivity index (χ1n) is 3.65. The van der Waals surface area contributed by atoms with Crippen molar-refractivity contribution in [3.05, 3.63) is 0 Å². The highest BCUT2D eigenvalue weighted by atomic mass is 16.2. The predicted octanol–water partition coefficient (Wildman–Crippen LogP) is 0.0618. The molecule has 10 heavy (non-hydrogen) atoms. The van der Waals surface area contributed by atoms with E-state index in [-0.39, 0.29) is 0 Å². The SMILES string of the molecule is O=C1CCC2CN=CCN12. The summed E-state index contributed by atoms with van der Waals surface area (Å²) in [6.07, 6.45) is 3.57. The molecule has 0 spiro atoms. The third-order valence-electron chi connectivity index (χ3n) is 2.18. The summed E-state index contributed by atoms with van der Waals surface area (Å²) >= 11 is 0.